The van der Waals surface area contributed by atoms with E-state index in [1.54, 1.807) is 0 Å². The Morgan fingerprint density at radius 3 is 1.20 bits per heavy atom. The summed E-state index contributed by atoms with van der Waals surface area (Å²) in [6.45, 7) is 6.27. The van der Waals surface area contributed by atoms with E-state index < -0.39 is 11.9 Å². The van der Waals surface area contributed by atoms with Crippen molar-refractivity contribution in [2.45, 2.75) is 78.6 Å². The van der Waals surface area contributed by atoms with Gasteiger partial charge in [-0.2, -0.15) is 0 Å². The predicted octanol–water partition coefficient (Wildman–Crippen LogP) is 4.57. The summed E-state index contributed by atoms with van der Waals surface area (Å²) in [5.41, 5.74) is 0. The minimum Gasteiger partial charge on any atom is -0.481 e. The fourth-order valence-corrected chi connectivity index (χ4v) is 1.05. The van der Waals surface area contributed by atoms with Crippen LogP contribution in [0.25, 0.3) is 0 Å². The second-order valence-electron chi connectivity index (χ2n) is 4.49. The van der Waals surface area contributed by atoms with Gasteiger partial charge >= 0.3 is 11.9 Å². The average molecular weight is 308 g/mol. The van der Waals surface area contributed by atoms with Gasteiger partial charge in [0.15, 0.2) is 0 Å². The second kappa shape index (κ2) is 23.5. The number of carboxylic acids is 2. The zero-order valence-corrected chi connectivity index (χ0v) is 14.5. The maximum absolute atomic E-state index is 9.87. The molecule has 122 valence electrons. The van der Waals surface area contributed by atoms with Crippen molar-refractivity contribution in [3.05, 3.63) is 0 Å². The van der Waals surface area contributed by atoms with E-state index >= 15 is 0 Å². The molecule has 0 amide bonds. The van der Waals surface area contributed by atoms with E-state index in [2.05, 4.69) is 30.0 Å². The highest BCUT2D eigenvalue weighted by atomic mass is 31.0. The van der Waals surface area contributed by atoms with Gasteiger partial charge in [-0.05, 0) is 19.0 Å². The molecule has 0 aromatic heterocycles. The summed E-state index contributed by atoms with van der Waals surface area (Å²) >= 11 is 0. The molecule has 0 aliphatic rings. The summed E-state index contributed by atoms with van der Waals surface area (Å²) in [6.07, 6.45) is 9.07. The predicted molar refractivity (Wildman–Crippen MR) is 88.4 cm³/mol. The molecule has 5 heteroatoms. The van der Waals surface area contributed by atoms with Crippen molar-refractivity contribution in [1.29, 1.82) is 0 Å². The molecular weight excluding hydrogens is 275 g/mol. The summed E-state index contributed by atoms with van der Waals surface area (Å²) in [4.78, 5) is 19.7. The van der Waals surface area contributed by atoms with Crippen LogP contribution in [0.2, 0.25) is 0 Å². The Kier molecular flexibility index (Phi) is 28.6. The third kappa shape index (κ3) is 43.3. The van der Waals surface area contributed by atoms with Crippen molar-refractivity contribution in [1.82, 2.24) is 0 Å². The van der Waals surface area contributed by atoms with Crippen LogP contribution in [0, 0.1) is 0 Å². The largest absolute Gasteiger partial charge is 0.481 e. The van der Waals surface area contributed by atoms with Crippen molar-refractivity contribution in [3.63, 3.8) is 0 Å². The van der Waals surface area contributed by atoms with Crippen LogP contribution >= 0.6 is 9.24 Å². The lowest BCUT2D eigenvalue weighted by atomic mass is 10.2. The van der Waals surface area contributed by atoms with Gasteiger partial charge in [-0.25, -0.2) is 0 Å². The lowest BCUT2D eigenvalue weighted by molar-refractivity contribution is -0.138. The molecule has 0 saturated carbocycles. The van der Waals surface area contributed by atoms with E-state index in [9.17, 15) is 9.59 Å². The number of aliphatic carboxylic acids is 2. The normalized spacial score (nSPS) is 8.80. The molecule has 0 radical (unpaired) electrons. The Hall–Kier alpha value is -0.630. The molecule has 1 unspecified atom stereocenters. The molecular formula is C15H33O4P. The van der Waals surface area contributed by atoms with Crippen LogP contribution in [0.4, 0.5) is 0 Å². The van der Waals surface area contributed by atoms with Crippen LogP contribution in [0.5, 0.6) is 0 Å². The fourth-order valence-electron chi connectivity index (χ4n) is 1.05. The first kappa shape index (κ1) is 24.4. The summed E-state index contributed by atoms with van der Waals surface area (Å²) < 4.78 is 0. The summed E-state index contributed by atoms with van der Waals surface area (Å²) in [6, 6.07) is 0. The number of rotatable bonds is 9. The van der Waals surface area contributed by atoms with E-state index in [4.69, 9.17) is 10.2 Å². The summed E-state index contributed by atoms with van der Waals surface area (Å²) in [7, 11) is 2.66. The van der Waals surface area contributed by atoms with Crippen molar-refractivity contribution < 1.29 is 19.8 Å². The first-order chi connectivity index (χ1) is 9.45. The lowest BCUT2D eigenvalue weighted by Crippen LogP contribution is -1.92. The van der Waals surface area contributed by atoms with Crippen molar-refractivity contribution in [2.24, 2.45) is 0 Å². The van der Waals surface area contributed by atoms with Crippen molar-refractivity contribution >= 4 is 21.2 Å². The third-order valence-electron chi connectivity index (χ3n) is 2.28. The van der Waals surface area contributed by atoms with Crippen molar-refractivity contribution in [2.75, 3.05) is 6.16 Å². The maximum Gasteiger partial charge on any atom is 0.303 e. The molecule has 0 fully saturated rings. The molecule has 4 nitrogen and oxygen atoms in total. The number of unbranched alkanes of at least 4 members (excludes halogenated alkanes) is 4. The smallest absolute Gasteiger partial charge is 0.303 e. The first-order valence-corrected chi connectivity index (χ1v) is 8.41. The Morgan fingerprint density at radius 1 is 0.750 bits per heavy atom. The Balaban J connectivity index is -0.000000230. The number of carboxylic acid groups (broad SMARTS) is 2. The number of carbonyl (C=O) groups is 2. The Labute approximate surface area is 126 Å². The van der Waals surface area contributed by atoms with Gasteiger partial charge in [-0.1, -0.05) is 52.9 Å². The fraction of sp³-hybridized carbons (Fsp3) is 0.867. The highest BCUT2D eigenvalue weighted by Crippen LogP contribution is 1.97. The molecule has 2 N–H and O–H groups in total. The van der Waals surface area contributed by atoms with Crippen LogP contribution in [0.1, 0.15) is 78.6 Å². The second-order valence-corrected chi connectivity index (χ2v) is 5.07. The zero-order chi connectivity index (χ0) is 16.2. The number of hydrogen-bond donors (Lipinski definition) is 2. The summed E-state index contributed by atoms with van der Waals surface area (Å²) in [5.74, 6) is -1.36. The van der Waals surface area contributed by atoms with Gasteiger partial charge in [0.05, 0.1) is 0 Å². The van der Waals surface area contributed by atoms with Gasteiger partial charge in [0.1, 0.15) is 0 Å². The molecule has 0 spiro atoms. The van der Waals surface area contributed by atoms with Crippen LogP contribution in [-0.2, 0) is 9.59 Å². The van der Waals surface area contributed by atoms with Gasteiger partial charge in [0.2, 0.25) is 0 Å². The minimum atomic E-state index is -0.682. The van der Waals surface area contributed by atoms with Crippen molar-refractivity contribution in [3.8, 4) is 0 Å². The highest BCUT2D eigenvalue weighted by molar-refractivity contribution is 7.16. The molecule has 0 heterocycles. The topological polar surface area (TPSA) is 74.6 Å². The molecule has 0 aromatic rings. The Bertz CT molecular complexity index is 186. The maximum atomic E-state index is 9.87. The van der Waals surface area contributed by atoms with Gasteiger partial charge < -0.3 is 10.2 Å². The van der Waals surface area contributed by atoms with E-state index in [0.717, 1.165) is 38.5 Å². The molecule has 20 heavy (non-hydrogen) atoms. The lowest BCUT2D eigenvalue weighted by Gasteiger charge is -1.89. The van der Waals surface area contributed by atoms with E-state index in [0.29, 0.717) is 12.8 Å². The monoisotopic (exact) mass is 308 g/mol. The van der Waals surface area contributed by atoms with Crippen LogP contribution in [-0.4, -0.2) is 28.3 Å². The van der Waals surface area contributed by atoms with Gasteiger partial charge in [0, 0.05) is 12.8 Å². The summed E-state index contributed by atoms with van der Waals surface area (Å²) in [5, 5.41) is 16.3. The quantitative estimate of drug-likeness (QED) is 0.483. The minimum absolute atomic E-state index is 0.327. The highest BCUT2D eigenvalue weighted by Gasteiger charge is 1.93. The van der Waals surface area contributed by atoms with Gasteiger partial charge in [-0.3, -0.25) is 9.59 Å². The zero-order valence-electron chi connectivity index (χ0n) is 13.4. The first-order valence-electron chi connectivity index (χ1n) is 7.59. The van der Waals surface area contributed by atoms with Crippen LogP contribution in [0.3, 0.4) is 0 Å². The molecule has 0 aromatic carbocycles. The number of hydrogen-bond acceptors (Lipinski definition) is 2. The molecule has 0 rings (SSSR count). The average Bonchev–Trinajstić information content (AvgIpc) is 2.40. The molecule has 0 bridgehead atoms. The third-order valence-corrected chi connectivity index (χ3v) is 2.85. The Morgan fingerprint density at radius 2 is 1.05 bits per heavy atom. The van der Waals surface area contributed by atoms with Gasteiger partial charge in [0.25, 0.3) is 0 Å². The molecule has 1 atom stereocenters. The van der Waals surface area contributed by atoms with E-state index in [-0.39, 0.29) is 0 Å². The molecule has 0 aliphatic heterocycles. The molecule has 0 saturated heterocycles. The molecule has 0 aliphatic carbocycles. The standard InChI is InChI=1S/2C6H12O2.C3H9P/c2*1-2-3-4-5-6(7)8;1-2-3-4/h2*2-5H2,1H3,(H,7,8);2-4H2,1H3. The van der Waals surface area contributed by atoms with Gasteiger partial charge in [-0.15, -0.1) is 9.24 Å². The van der Waals surface area contributed by atoms with Crippen LogP contribution in [0.15, 0.2) is 0 Å². The van der Waals surface area contributed by atoms with E-state index in [1.807, 2.05) is 0 Å². The van der Waals surface area contributed by atoms with E-state index in [1.165, 1.54) is 12.6 Å². The van der Waals surface area contributed by atoms with Crippen LogP contribution < -0.4 is 0 Å². The SMILES string of the molecule is CCCCCC(=O)O.CCCCCC(=O)O.CCCP.